The van der Waals surface area contributed by atoms with Crippen LogP contribution in [0.1, 0.15) is 29.8 Å². The van der Waals surface area contributed by atoms with E-state index in [4.69, 9.17) is 4.98 Å². The van der Waals surface area contributed by atoms with E-state index in [0.29, 0.717) is 12.0 Å². The Balaban J connectivity index is 1.31. The summed E-state index contributed by atoms with van der Waals surface area (Å²) in [5, 5.41) is 9.05. The average molecular weight is 455 g/mol. The zero-order chi connectivity index (χ0) is 23.3. The fourth-order valence-electron chi connectivity index (χ4n) is 4.20. The molecule has 3 heterocycles. The van der Waals surface area contributed by atoms with Crippen molar-refractivity contribution >= 4 is 28.9 Å². The first-order valence-electron chi connectivity index (χ1n) is 11.7. The number of anilines is 2. The highest BCUT2D eigenvalue weighted by molar-refractivity contribution is 5.90. The maximum atomic E-state index is 4.74. The van der Waals surface area contributed by atoms with Crippen LogP contribution in [0, 0.1) is 6.92 Å². The molecule has 0 amide bonds. The first kappa shape index (κ1) is 22.0. The average Bonchev–Trinajstić information content (AvgIpc) is 3.29. The van der Waals surface area contributed by atoms with E-state index >= 15 is 0 Å². The number of hydrogen-bond acceptors (Lipinski definition) is 7. The Hall–Kier alpha value is -3.78. The topological polar surface area (TPSA) is 83.3 Å². The van der Waals surface area contributed by atoms with Crippen LogP contribution in [0.3, 0.4) is 0 Å². The highest BCUT2D eigenvalue weighted by Gasteiger charge is 2.18. The van der Waals surface area contributed by atoms with Gasteiger partial charge in [0.2, 0.25) is 5.95 Å². The molecule has 0 unspecified atom stereocenters. The van der Waals surface area contributed by atoms with Crippen molar-refractivity contribution in [3.05, 3.63) is 77.9 Å². The first-order chi connectivity index (χ1) is 16.6. The standard InChI is InChI=1S/C26H30N8/c1-19-7-9-20(10-8-19)18-34-16-13-27-24(34)17-28-32-26-30-23-6-4-3-5-22(23)25(31-26)29-21-11-14-33(2)15-12-21/h3-10,13,16-17,21H,11-12,14-15,18H2,1-2H3,(H2,29,30,31,32)/b28-17+. The second-order valence-corrected chi connectivity index (χ2v) is 8.90. The van der Waals surface area contributed by atoms with Gasteiger partial charge in [-0.15, -0.1) is 0 Å². The number of likely N-dealkylation sites (tertiary alicyclic amines) is 1. The van der Waals surface area contributed by atoms with E-state index in [-0.39, 0.29) is 0 Å². The van der Waals surface area contributed by atoms with Gasteiger partial charge >= 0.3 is 0 Å². The summed E-state index contributed by atoms with van der Waals surface area (Å²) in [4.78, 5) is 16.2. The molecule has 2 N–H and O–H groups in total. The van der Waals surface area contributed by atoms with E-state index in [9.17, 15) is 0 Å². The third-order valence-corrected chi connectivity index (χ3v) is 6.23. The Morgan fingerprint density at radius 1 is 1.06 bits per heavy atom. The minimum Gasteiger partial charge on any atom is -0.367 e. The number of para-hydroxylation sites is 1. The van der Waals surface area contributed by atoms with E-state index < -0.39 is 0 Å². The van der Waals surface area contributed by atoms with Gasteiger partial charge in [-0.25, -0.2) is 15.4 Å². The van der Waals surface area contributed by atoms with Crippen LogP contribution in [-0.4, -0.2) is 56.8 Å². The molecule has 34 heavy (non-hydrogen) atoms. The summed E-state index contributed by atoms with van der Waals surface area (Å²) in [6.45, 7) is 5.00. The summed E-state index contributed by atoms with van der Waals surface area (Å²) in [6, 6.07) is 17.0. The third kappa shape index (κ3) is 5.23. The lowest BCUT2D eigenvalue weighted by Crippen LogP contribution is -2.37. The SMILES string of the molecule is Cc1ccc(Cn2ccnc2/C=N/Nc2nc(NC3CCN(C)CC3)c3ccccc3n2)cc1. The first-order valence-corrected chi connectivity index (χ1v) is 11.7. The van der Waals surface area contributed by atoms with Crippen LogP contribution < -0.4 is 10.7 Å². The molecule has 0 atom stereocenters. The number of aromatic nitrogens is 4. The fourth-order valence-corrected chi connectivity index (χ4v) is 4.20. The monoisotopic (exact) mass is 454 g/mol. The number of piperidine rings is 1. The zero-order valence-electron chi connectivity index (χ0n) is 19.6. The zero-order valence-corrected chi connectivity index (χ0v) is 19.6. The Morgan fingerprint density at radius 3 is 2.68 bits per heavy atom. The Morgan fingerprint density at radius 2 is 1.85 bits per heavy atom. The van der Waals surface area contributed by atoms with Crippen molar-refractivity contribution in [1.82, 2.24) is 24.4 Å². The Bertz CT molecular complexity index is 1270. The number of aryl methyl sites for hydroxylation is 1. The van der Waals surface area contributed by atoms with Gasteiger partial charge in [0.1, 0.15) is 5.82 Å². The van der Waals surface area contributed by atoms with Gasteiger partial charge in [0.15, 0.2) is 5.82 Å². The van der Waals surface area contributed by atoms with E-state index in [1.807, 2.05) is 24.4 Å². The lowest BCUT2D eigenvalue weighted by molar-refractivity contribution is 0.264. The van der Waals surface area contributed by atoms with Gasteiger partial charge < -0.3 is 14.8 Å². The summed E-state index contributed by atoms with van der Waals surface area (Å²) >= 11 is 0. The van der Waals surface area contributed by atoms with Gasteiger partial charge in [-0.2, -0.15) is 10.1 Å². The van der Waals surface area contributed by atoms with Crippen LogP contribution in [0.2, 0.25) is 0 Å². The fraction of sp³-hybridized carbons (Fsp3) is 0.308. The van der Waals surface area contributed by atoms with Crippen LogP contribution in [-0.2, 0) is 6.54 Å². The molecule has 8 heteroatoms. The summed E-state index contributed by atoms with van der Waals surface area (Å²) in [6.07, 6.45) is 7.64. The van der Waals surface area contributed by atoms with Crippen molar-refractivity contribution in [3.8, 4) is 0 Å². The van der Waals surface area contributed by atoms with Crippen molar-refractivity contribution in [2.24, 2.45) is 5.10 Å². The van der Waals surface area contributed by atoms with Gasteiger partial charge in [0.25, 0.3) is 0 Å². The Labute approximate surface area is 199 Å². The molecule has 1 aliphatic heterocycles. The van der Waals surface area contributed by atoms with Gasteiger partial charge in [0, 0.05) is 30.4 Å². The predicted octanol–water partition coefficient (Wildman–Crippen LogP) is 4.14. The Kier molecular flexibility index (Phi) is 6.49. The largest absolute Gasteiger partial charge is 0.367 e. The molecule has 0 aliphatic carbocycles. The number of fused-ring (bicyclic) bond motifs is 1. The molecule has 0 bridgehead atoms. The minimum absolute atomic E-state index is 0.403. The maximum absolute atomic E-state index is 4.74. The quantitative estimate of drug-likeness (QED) is 0.323. The van der Waals surface area contributed by atoms with Gasteiger partial charge in [0.05, 0.1) is 11.7 Å². The molecule has 0 spiro atoms. The number of imidazole rings is 1. The van der Waals surface area contributed by atoms with Gasteiger partial charge in [-0.05, 0) is 57.6 Å². The molecule has 5 rings (SSSR count). The minimum atomic E-state index is 0.403. The second kappa shape index (κ2) is 10.0. The second-order valence-electron chi connectivity index (χ2n) is 8.90. The van der Waals surface area contributed by atoms with Crippen molar-refractivity contribution in [1.29, 1.82) is 0 Å². The molecule has 8 nitrogen and oxygen atoms in total. The molecule has 4 aromatic rings. The van der Waals surface area contributed by atoms with Crippen molar-refractivity contribution < 1.29 is 0 Å². The maximum Gasteiger partial charge on any atom is 0.246 e. The highest BCUT2D eigenvalue weighted by Crippen LogP contribution is 2.24. The lowest BCUT2D eigenvalue weighted by atomic mass is 10.1. The number of hydrazone groups is 1. The summed E-state index contributed by atoms with van der Waals surface area (Å²) < 4.78 is 2.06. The molecule has 0 radical (unpaired) electrons. The smallest absolute Gasteiger partial charge is 0.246 e. The number of benzene rings is 2. The van der Waals surface area contributed by atoms with E-state index in [2.05, 4.69) is 79.6 Å². The summed E-state index contributed by atoms with van der Waals surface area (Å²) in [5.41, 5.74) is 6.35. The number of nitrogens with one attached hydrogen (secondary N) is 2. The molecule has 2 aromatic heterocycles. The highest BCUT2D eigenvalue weighted by atomic mass is 15.4. The third-order valence-electron chi connectivity index (χ3n) is 6.23. The molecule has 0 saturated carbocycles. The predicted molar refractivity (Wildman–Crippen MR) is 137 cm³/mol. The number of hydrogen-bond donors (Lipinski definition) is 2. The van der Waals surface area contributed by atoms with E-state index in [1.54, 1.807) is 12.4 Å². The summed E-state index contributed by atoms with van der Waals surface area (Å²) in [5.74, 6) is 2.07. The van der Waals surface area contributed by atoms with E-state index in [0.717, 1.165) is 55.0 Å². The number of nitrogens with zero attached hydrogens (tertiary/aromatic N) is 6. The normalized spacial score (nSPS) is 15.2. The van der Waals surface area contributed by atoms with Crippen molar-refractivity contribution in [2.75, 3.05) is 30.9 Å². The van der Waals surface area contributed by atoms with Crippen LogP contribution in [0.5, 0.6) is 0 Å². The van der Waals surface area contributed by atoms with Crippen LogP contribution in [0.25, 0.3) is 10.9 Å². The van der Waals surface area contributed by atoms with Crippen LogP contribution in [0.15, 0.2) is 66.0 Å². The molecule has 1 saturated heterocycles. The molecule has 1 aliphatic rings. The van der Waals surface area contributed by atoms with Crippen molar-refractivity contribution in [3.63, 3.8) is 0 Å². The lowest BCUT2D eigenvalue weighted by Gasteiger charge is -2.30. The molecular formula is C26H30N8. The van der Waals surface area contributed by atoms with E-state index in [1.165, 1.54) is 11.1 Å². The molecule has 174 valence electrons. The van der Waals surface area contributed by atoms with Crippen molar-refractivity contribution in [2.45, 2.75) is 32.4 Å². The molecule has 2 aromatic carbocycles. The molecular weight excluding hydrogens is 424 g/mol. The summed E-state index contributed by atoms with van der Waals surface area (Å²) in [7, 11) is 2.17. The molecule has 1 fully saturated rings. The van der Waals surface area contributed by atoms with Gasteiger partial charge in [-0.1, -0.05) is 42.0 Å². The van der Waals surface area contributed by atoms with Crippen LogP contribution >= 0.6 is 0 Å². The van der Waals surface area contributed by atoms with Gasteiger partial charge in [-0.3, -0.25) is 0 Å². The van der Waals surface area contributed by atoms with Crippen LogP contribution in [0.4, 0.5) is 11.8 Å². The number of rotatable bonds is 7.